The van der Waals surface area contributed by atoms with Crippen LogP contribution >= 0.6 is 0 Å². The zero-order valence-electron chi connectivity index (χ0n) is 28.0. The highest BCUT2D eigenvalue weighted by Gasteiger charge is 2.51. The quantitative estimate of drug-likeness (QED) is 0.0867. The van der Waals surface area contributed by atoms with Crippen molar-refractivity contribution in [2.45, 2.75) is 161 Å². The maximum Gasteiger partial charge on any atom is 0.305 e. The summed E-state index contributed by atoms with van der Waals surface area (Å²) in [5.41, 5.74) is 0. The summed E-state index contributed by atoms with van der Waals surface area (Å²) in [6.45, 7) is 25.7. The highest BCUT2D eigenvalue weighted by Crippen LogP contribution is 2.49. The van der Waals surface area contributed by atoms with Crippen LogP contribution in [0, 0.1) is 11.8 Å². The summed E-state index contributed by atoms with van der Waals surface area (Å²) >= 11 is 0. The monoisotopic (exact) mass is 594 g/mol. The molecule has 0 aromatic heterocycles. The standard InChI is InChI=1S/C33H62O5Si2/c1-13-14-15-18-25(37-39(9,10)32(2,3)4)21-22-27-28-23-26(19-16-17-20-31(34)35-8)36-29(28)24-30(27)38-40(11,12)33(5,6)7/h19,21-22,25,27-30H,13-18,20,23-24H2,1-12H3. The smallest absolute Gasteiger partial charge is 0.305 e. The van der Waals surface area contributed by atoms with Gasteiger partial charge in [0.15, 0.2) is 16.6 Å². The average molecular weight is 595 g/mol. The number of hydrogen-bond acceptors (Lipinski definition) is 5. The van der Waals surface area contributed by atoms with Crippen molar-refractivity contribution in [1.82, 2.24) is 0 Å². The first-order chi connectivity index (χ1) is 18.4. The van der Waals surface area contributed by atoms with Gasteiger partial charge in [0.2, 0.25) is 0 Å². The Balaban J connectivity index is 2.27. The van der Waals surface area contributed by atoms with Crippen LogP contribution in [-0.2, 0) is 23.1 Å². The van der Waals surface area contributed by atoms with Crippen LogP contribution in [0.1, 0.15) is 106 Å². The molecule has 5 nitrogen and oxygen atoms in total. The molecule has 2 aliphatic rings. The van der Waals surface area contributed by atoms with Gasteiger partial charge in [-0.1, -0.05) is 79.9 Å². The first-order valence-corrected chi connectivity index (χ1v) is 21.7. The van der Waals surface area contributed by atoms with Gasteiger partial charge < -0.3 is 18.3 Å². The predicted octanol–water partition coefficient (Wildman–Crippen LogP) is 9.56. The maximum absolute atomic E-state index is 11.5. The Hall–Kier alpha value is -0.896. The summed E-state index contributed by atoms with van der Waals surface area (Å²) in [7, 11) is -2.38. The lowest BCUT2D eigenvalue weighted by Crippen LogP contribution is -2.45. The molecule has 0 amide bonds. The average Bonchev–Trinajstić information content (AvgIpc) is 3.35. The van der Waals surface area contributed by atoms with Gasteiger partial charge in [0.25, 0.3) is 0 Å². The van der Waals surface area contributed by atoms with Gasteiger partial charge in [-0.2, -0.15) is 0 Å². The van der Waals surface area contributed by atoms with Gasteiger partial charge in [-0.25, -0.2) is 0 Å². The van der Waals surface area contributed by atoms with Gasteiger partial charge in [-0.05, 0) is 61.6 Å². The Morgan fingerprint density at radius 2 is 1.68 bits per heavy atom. The van der Waals surface area contributed by atoms with E-state index < -0.39 is 16.6 Å². The van der Waals surface area contributed by atoms with Crippen molar-refractivity contribution < 1.29 is 23.1 Å². The van der Waals surface area contributed by atoms with Crippen LogP contribution in [0.2, 0.25) is 36.3 Å². The van der Waals surface area contributed by atoms with E-state index >= 15 is 0 Å². The lowest BCUT2D eigenvalue weighted by Gasteiger charge is -2.40. The lowest BCUT2D eigenvalue weighted by molar-refractivity contribution is -0.140. The molecule has 0 radical (unpaired) electrons. The molecule has 2 rings (SSSR count). The molecule has 1 saturated carbocycles. The Kier molecular flexibility index (Phi) is 12.8. The second-order valence-electron chi connectivity index (χ2n) is 15.2. The minimum absolute atomic E-state index is 0.146. The molecule has 5 atom stereocenters. The van der Waals surface area contributed by atoms with Crippen LogP contribution in [0.15, 0.2) is 24.0 Å². The molecule has 0 spiro atoms. The van der Waals surface area contributed by atoms with Crippen molar-refractivity contribution in [3.63, 3.8) is 0 Å². The largest absolute Gasteiger partial charge is 0.495 e. The first kappa shape index (κ1) is 35.3. The second-order valence-corrected chi connectivity index (χ2v) is 24.7. The highest BCUT2D eigenvalue weighted by atomic mass is 28.4. The van der Waals surface area contributed by atoms with Crippen molar-refractivity contribution in [2.75, 3.05) is 7.11 Å². The fourth-order valence-electron chi connectivity index (χ4n) is 5.25. The van der Waals surface area contributed by atoms with Gasteiger partial charge >= 0.3 is 5.97 Å². The molecule has 1 aliphatic carbocycles. The van der Waals surface area contributed by atoms with E-state index in [2.05, 4.69) is 92.9 Å². The van der Waals surface area contributed by atoms with Crippen LogP contribution in [0.3, 0.4) is 0 Å². The van der Waals surface area contributed by atoms with Gasteiger partial charge in [0.05, 0.1) is 25.1 Å². The third-order valence-corrected chi connectivity index (χ3v) is 18.9. The van der Waals surface area contributed by atoms with Crippen molar-refractivity contribution in [1.29, 1.82) is 0 Å². The number of unbranched alkanes of at least 4 members (excludes halogenated alkanes) is 3. The Labute approximate surface area is 249 Å². The van der Waals surface area contributed by atoms with E-state index in [0.29, 0.717) is 18.3 Å². The van der Waals surface area contributed by atoms with E-state index in [1.165, 1.54) is 26.4 Å². The third-order valence-electron chi connectivity index (χ3n) is 9.93. The third kappa shape index (κ3) is 9.84. The SMILES string of the molecule is CCCCCC(C=CC1C(O[Si](C)(C)C(C)(C)C)CC2OC(=CCCCC(=O)OC)CC21)O[Si](C)(C)C(C)(C)C. The van der Waals surface area contributed by atoms with Crippen molar-refractivity contribution in [2.24, 2.45) is 11.8 Å². The molecule has 7 heteroatoms. The van der Waals surface area contributed by atoms with Gasteiger partial charge in [-0.3, -0.25) is 4.79 Å². The molecule has 0 bridgehead atoms. The molecule has 0 aromatic rings. The fraction of sp³-hybridized carbons (Fsp3) is 0.848. The number of hydrogen-bond donors (Lipinski definition) is 0. The summed E-state index contributed by atoms with van der Waals surface area (Å²) in [5.74, 6) is 1.67. The normalized spacial score (nSPS) is 25.9. The lowest BCUT2D eigenvalue weighted by atomic mass is 9.90. The minimum atomic E-state index is -1.93. The first-order valence-electron chi connectivity index (χ1n) is 15.9. The van der Waals surface area contributed by atoms with E-state index in [1.807, 2.05) is 0 Å². The van der Waals surface area contributed by atoms with Crippen molar-refractivity contribution >= 4 is 22.6 Å². The zero-order chi connectivity index (χ0) is 30.4. The molecule has 0 N–H and O–H groups in total. The number of carbonyl (C=O) groups excluding carboxylic acids is 1. The molecular formula is C33H62O5Si2. The van der Waals surface area contributed by atoms with Crippen LogP contribution in [0.25, 0.3) is 0 Å². The summed E-state index contributed by atoms with van der Waals surface area (Å²) in [5, 5.41) is 0.349. The summed E-state index contributed by atoms with van der Waals surface area (Å²) in [4.78, 5) is 11.5. The summed E-state index contributed by atoms with van der Waals surface area (Å²) in [6.07, 6.45) is 16.3. The van der Waals surface area contributed by atoms with E-state index in [9.17, 15) is 4.79 Å². The molecular weight excluding hydrogens is 533 g/mol. The van der Waals surface area contributed by atoms with E-state index in [4.69, 9.17) is 18.3 Å². The molecule has 5 unspecified atom stereocenters. The number of rotatable bonds is 14. The van der Waals surface area contributed by atoms with Gasteiger partial charge in [-0.15, -0.1) is 0 Å². The van der Waals surface area contributed by atoms with Crippen LogP contribution in [0.5, 0.6) is 0 Å². The highest BCUT2D eigenvalue weighted by molar-refractivity contribution is 6.74. The second kappa shape index (κ2) is 14.5. The Morgan fingerprint density at radius 3 is 2.25 bits per heavy atom. The number of esters is 1. The molecule has 2 fully saturated rings. The Morgan fingerprint density at radius 1 is 1.02 bits per heavy atom. The van der Waals surface area contributed by atoms with Crippen molar-refractivity contribution in [3.8, 4) is 0 Å². The molecule has 232 valence electrons. The number of allylic oxidation sites excluding steroid dienone is 2. The van der Waals surface area contributed by atoms with Crippen molar-refractivity contribution in [3.05, 3.63) is 24.0 Å². The Bertz CT molecular complexity index is 865. The molecule has 0 aromatic carbocycles. The minimum Gasteiger partial charge on any atom is -0.495 e. The van der Waals surface area contributed by atoms with Crippen LogP contribution in [-0.4, -0.2) is 48.0 Å². The molecule has 1 aliphatic heterocycles. The maximum atomic E-state index is 11.5. The number of ether oxygens (including phenoxy) is 2. The zero-order valence-corrected chi connectivity index (χ0v) is 30.0. The topological polar surface area (TPSA) is 54.0 Å². The molecule has 1 heterocycles. The van der Waals surface area contributed by atoms with E-state index in [0.717, 1.165) is 37.9 Å². The summed E-state index contributed by atoms with van der Waals surface area (Å²) in [6, 6.07) is 0. The fourth-order valence-corrected chi connectivity index (χ4v) is 7.92. The van der Waals surface area contributed by atoms with E-state index in [1.54, 1.807) is 0 Å². The molecule has 40 heavy (non-hydrogen) atoms. The number of methoxy groups -OCH3 is 1. The predicted molar refractivity (Wildman–Crippen MR) is 172 cm³/mol. The van der Waals surface area contributed by atoms with E-state index in [-0.39, 0.29) is 34.4 Å². The number of carbonyl (C=O) groups is 1. The number of fused-ring (bicyclic) bond motifs is 1. The van der Waals surface area contributed by atoms with Gasteiger partial charge in [0, 0.05) is 31.1 Å². The van der Waals surface area contributed by atoms with Gasteiger partial charge in [0.1, 0.15) is 6.10 Å². The summed E-state index contributed by atoms with van der Waals surface area (Å²) < 4.78 is 25.3. The van der Waals surface area contributed by atoms with Crippen LogP contribution < -0.4 is 0 Å². The molecule has 1 saturated heterocycles. The van der Waals surface area contributed by atoms with Crippen LogP contribution in [0.4, 0.5) is 0 Å².